The number of hydrogen-bond acceptors (Lipinski definition) is 3. The topological polar surface area (TPSA) is 84.7 Å². The first-order valence-electron chi connectivity index (χ1n) is 6.11. The van der Waals surface area contributed by atoms with Gasteiger partial charge in [-0.05, 0) is 23.8 Å². The molecule has 1 aromatic carbocycles. The van der Waals surface area contributed by atoms with Gasteiger partial charge < -0.3 is 5.73 Å². The number of H-pyrrole nitrogens is 1. The quantitative estimate of drug-likeness (QED) is 0.760. The van der Waals surface area contributed by atoms with Crippen molar-refractivity contribution in [2.75, 3.05) is 0 Å². The Hall–Kier alpha value is -2.95. The van der Waals surface area contributed by atoms with Crippen LogP contribution in [0.3, 0.4) is 0 Å². The van der Waals surface area contributed by atoms with Gasteiger partial charge in [0.25, 0.3) is 0 Å². The van der Waals surface area contributed by atoms with E-state index in [0.717, 1.165) is 16.7 Å². The fraction of sp³-hybridized carbons (Fsp3) is 0. The second-order valence-electron chi connectivity index (χ2n) is 4.29. The minimum Gasteiger partial charge on any atom is -0.366 e. The monoisotopic (exact) mass is 264 g/mol. The molecule has 0 aliphatic carbocycles. The van der Waals surface area contributed by atoms with Gasteiger partial charge in [0.05, 0.1) is 11.9 Å². The van der Waals surface area contributed by atoms with Gasteiger partial charge in [-0.15, -0.1) is 0 Å². The molecule has 3 N–H and O–H groups in total. The van der Waals surface area contributed by atoms with E-state index in [2.05, 4.69) is 15.2 Å². The Bertz CT molecular complexity index is 736. The Balaban J connectivity index is 2.31. The molecule has 0 fully saturated rings. The van der Waals surface area contributed by atoms with Crippen molar-refractivity contribution in [1.29, 1.82) is 0 Å². The second kappa shape index (κ2) is 4.97. The van der Waals surface area contributed by atoms with E-state index in [1.807, 2.05) is 24.3 Å². The van der Waals surface area contributed by atoms with Gasteiger partial charge in [-0.25, -0.2) is 0 Å². The molecule has 0 bridgehead atoms. The molecule has 0 saturated heterocycles. The summed E-state index contributed by atoms with van der Waals surface area (Å²) in [7, 11) is 0. The average molecular weight is 264 g/mol. The van der Waals surface area contributed by atoms with Crippen molar-refractivity contribution < 1.29 is 4.79 Å². The van der Waals surface area contributed by atoms with Crippen molar-refractivity contribution in [2.45, 2.75) is 0 Å². The molecule has 3 aromatic rings. The Kier molecular flexibility index (Phi) is 3.01. The zero-order chi connectivity index (χ0) is 13.9. The minimum absolute atomic E-state index is 0.447. The van der Waals surface area contributed by atoms with Crippen molar-refractivity contribution in [2.24, 2.45) is 5.73 Å². The number of aromatic amines is 1. The largest absolute Gasteiger partial charge is 0.366 e. The lowest BCUT2D eigenvalue weighted by atomic mass is 9.94. The van der Waals surface area contributed by atoms with Crippen LogP contribution in [0, 0.1) is 0 Å². The van der Waals surface area contributed by atoms with Crippen LogP contribution in [-0.4, -0.2) is 21.1 Å². The summed E-state index contributed by atoms with van der Waals surface area (Å²) >= 11 is 0. The third-order valence-corrected chi connectivity index (χ3v) is 3.06. The van der Waals surface area contributed by atoms with Crippen molar-refractivity contribution in [3.63, 3.8) is 0 Å². The number of rotatable bonds is 3. The summed E-state index contributed by atoms with van der Waals surface area (Å²) in [4.78, 5) is 16.0. The number of nitrogens with one attached hydrogen (secondary N) is 1. The maximum absolute atomic E-state index is 11.7. The molecular formula is C15H12N4O. The van der Waals surface area contributed by atoms with E-state index < -0.39 is 5.91 Å². The van der Waals surface area contributed by atoms with Crippen LogP contribution < -0.4 is 5.73 Å². The van der Waals surface area contributed by atoms with Crippen LogP contribution in [0.15, 0.2) is 55.0 Å². The normalized spacial score (nSPS) is 10.4. The molecule has 5 nitrogen and oxygen atoms in total. The molecule has 0 radical (unpaired) electrons. The molecule has 0 atom stereocenters. The molecule has 0 aliphatic rings. The third-order valence-electron chi connectivity index (χ3n) is 3.06. The number of carbonyl (C=O) groups is 1. The van der Waals surface area contributed by atoms with E-state index >= 15 is 0 Å². The Labute approximate surface area is 115 Å². The maximum atomic E-state index is 11.7. The minimum atomic E-state index is -0.476. The number of primary amides is 1. The molecule has 2 aromatic heterocycles. The van der Waals surface area contributed by atoms with E-state index in [0.29, 0.717) is 11.3 Å². The number of carbonyl (C=O) groups excluding carboxylic acids is 1. The summed E-state index contributed by atoms with van der Waals surface area (Å²) in [5, 5.41) is 6.72. The standard InChI is InChI=1S/C15H12N4O/c16-15(20)12-5-3-4-11(10-8-18-19-9-10)14(12)13-6-1-2-7-17-13/h1-9H,(H2,16,20)(H,18,19). The van der Waals surface area contributed by atoms with Crippen molar-refractivity contribution in [1.82, 2.24) is 15.2 Å². The summed E-state index contributed by atoms with van der Waals surface area (Å²) in [5.41, 5.74) is 9.11. The van der Waals surface area contributed by atoms with Crippen LogP contribution in [0.1, 0.15) is 10.4 Å². The summed E-state index contributed by atoms with van der Waals surface area (Å²) in [6, 6.07) is 11.0. The van der Waals surface area contributed by atoms with Crippen LogP contribution in [0.2, 0.25) is 0 Å². The zero-order valence-corrected chi connectivity index (χ0v) is 10.6. The maximum Gasteiger partial charge on any atom is 0.249 e. The number of amides is 1. The second-order valence-corrected chi connectivity index (χ2v) is 4.29. The van der Waals surface area contributed by atoms with Gasteiger partial charge in [0.15, 0.2) is 0 Å². The molecule has 2 heterocycles. The predicted molar refractivity (Wildman–Crippen MR) is 75.8 cm³/mol. The molecule has 5 heteroatoms. The number of hydrogen-bond donors (Lipinski definition) is 2. The molecule has 0 unspecified atom stereocenters. The summed E-state index contributed by atoms with van der Waals surface area (Å²) in [5.74, 6) is -0.476. The van der Waals surface area contributed by atoms with Crippen LogP contribution in [-0.2, 0) is 0 Å². The van der Waals surface area contributed by atoms with Crippen LogP contribution in [0.5, 0.6) is 0 Å². The molecular weight excluding hydrogens is 252 g/mol. The van der Waals surface area contributed by atoms with E-state index in [1.165, 1.54) is 0 Å². The fourth-order valence-electron chi connectivity index (χ4n) is 2.18. The summed E-state index contributed by atoms with van der Waals surface area (Å²) in [6.07, 6.45) is 5.16. The van der Waals surface area contributed by atoms with Gasteiger partial charge >= 0.3 is 0 Å². The first-order chi connectivity index (χ1) is 9.77. The van der Waals surface area contributed by atoms with Crippen molar-refractivity contribution in [3.05, 3.63) is 60.6 Å². The predicted octanol–water partition coefficient (Wildman–Crippen LogP) is 2.24. The number of nitrogens with two attached hydrogens (primary N) is 1. The molecule has 3 rings (SSSR count). The van der Waals surface area contributed by atoms with Crippen LogP contribution >= 0.6 is 0 Å². The van der Waals surface area contributed by atoms with Crippen LogP contribution in [0.25, 0.3) is 22.4 Å². The molecule has 1 amide bonds. The Morgan fingerprint density at radius 3 is 2.70 bits per heavy atom. The van der Waals surface area contributed by atoms with Crippen molar-refractivity contribution >= 4 is 5.91 Å². The Morgan fingerprint density at radius 2 is 2.05 bits per heavy atom. The lowest BCUT2D eigenvalue weighted by Crippen LogP contribution is -2.13. The van der Waals surface area contributed by atoms with E-state index in [-0.39, 0.29) is 0 Å². The highest BCUT2D eigenvalue weighted by Gasteiger charge is 2.16. The van der Waals surface area contributed by atoms with Gasteiger partial charge in [0.2, 0.25) is 5.91 Å². The summed E-state index contributed by atoms with van der Waals surface area (Å²) in [6.45, 7) is 0. The molecule has 98 valence electrons. The van der Waals surface area contributed by atoms with Crippen molar-refractivity contribution in [3.8, 4) is 22.4 Å². The van der Waals surface area contributed by atoms with Gasteiger partial charge in [-0.1, -0.05) is 18.2 Å². The number of nitrogens with zero attached hydrogens (tertiary/aromatic N) is 2. The lowest BCUT2D eigenvalue weighted by Gasteiger charge is -2.11. The first-order valence-corrected chi connectivity index (χ1v) is 6.11. The van der Waals surface area contributed by atoms with Gasteiger partial charge in [-0.2, -0.15) is 5.10 Å². The fourth-order valence-corrected chi connectivity index (χ4v) is 2.18. The molecule has 0 spiro atoms. The lowest BCUT2D eigenvalue weighted by molar-refractivity contribution is 0.100. The Morgan fingerprint density at radius 1 is 1.15 bits per heavy atom. The number of pyridine rings is 1. The van der Waals surface area contributed by atoms with Crippen LogP contribution in [0.4, 0.5) is 0 Å². The number of aromatic nitrogens is 3. The van der Waals surface area contributed by atoms with Gasteiger partial charge in [0.1, 0.15) is 0 Å². The highest BCUT2D eigenvalue weighted by atomic mass is 16.1. The molecule has 20 heavy (non-hydrogen) atoms. The first kappa shape index (κ1) is 12.1. The highest BCUT2D eigenvalue weighted by molar-refractivity contribution is 6.03. The SMILES string of the molecule is NC(=O)c1cccc(-c2cn[nH]c2)c1-c1ccccn1. The molecule has 0 saturated carbocycles. The van der Waals surface area contributed by atoms with E-state index in [4.69, 9.17) is 5.73 Å². The van der Waals surface area contributed by atoms with E-state index in [1.54, 1.807) is 30.7 Å². The van der Waals surface area contributed by atoms with E-state index in [9.17, 15) is 4.79 Å². The van der Waals surface area contributed by atoms with Gasteiger partial charge in [-0.3, -0.25) is 14.9 Å². The number of benzene rings is 1. The summed E-state index contributed by atoms with van der Waals surface area (Å²) < 4.78 is 0. The molecule has 0 aliphatic heterocycles. The smallest absolute Gasteiger partial charge is 0.249 e. The zero-order valence-electron chi connectivity index (χ0n) is 10.6. The highest BCUT2D eigenvalue weighted by Crippen LogP contribution is 2.33. The third kappa shape index (κ3) is 2.05. The average Bonchev–Trinajstić information content (AvgIpc) is 3.01. The van der Waals surface area contributed by atoms with Gasteiger partial charge in [0, 0.05) is 29.1 Å².